The van der Waals surface area contributed by atoms with Crippen LogP contribution in [0.15, 0.2) is 24.0 Å². The fourth-order valence-corrected chi connectivity index (χ4v) is 1.06. The predicted octanol–water partition coefficient (Wildman–Crippen LogP) is 2.69. The Hall–Kier alpha value is -1.38. The third-order valence-corrected chi connectivity index (χ3v) is 1.89. The fourth-order valence-electron chi connectivity index (χ4n) is 1.06. The van der Waals surface area contributed by atoms with Crippen molar-refractivity contribution in [2.75, 3.05) is 13.3 Å². The van der Waals surface area contributed by atoms with E-state index >= 15 is 0 Å². The van der Waals surface area contributed by atoms with Gasteiger partial charge in [0, 0.05) is 12.4 Å². The molecule has 0 atom stereocenters. The Morgan fingerprint density at radius 3 is 2.39 bits per heavy atom. The summed E-state index contributed by atoms with van der Waals surface area (Å²) in [6.45, 7) is -1.03. The Morgan fingerprint density at radius 1 is 1.17 bits per heavy atom. The molecule has 1 N–H and O–H groups in total. The molecule has 104 valence electrons. The van der Waals surface area contributed by atoms with E-state index in [9.17, 15) is 26.3 Å². The second kappa shape index (κ2) is 5.51. The van der Waals surface area contributed by atoms with Crippen LogP contribution in [0.25, 0.3) is 0 Å². The number of halogens is 6. The standard InChI is InChI=1S/C9H10F6N2O/c10-8(11,12)2-4-18-6-17-5-7(1-3-16-17)9(13,14)15/h1,3,5,16H,2,4,6H2. The Labute approximate surface area is 98.7 Å². The molecule has 9 heteroatoms. The largest absolute Gasteiger partial charge is 0.417 e. The fraction of sp³-hybridized carbons (Fsp3) is 0.556. The third-order valence-electron chi connectivity index (χ3n) is 1.89. The highest BCUT2D eigenvalue weighted by Crippen LogP contribution is 2.27. The number of hydrogen-bond donors (Lipinski definition) is 1. The molecule has 3 nitrogen and oxygen atoms in total. The first-order valence-electron chi connectivity index (χ1n) is 4.81. The van der Waals surface area contributed by atoms with E-state index in [2.05, 4.69) is 10.2 Å². The normalized spacial score (nSPS) is 16.6. The van der Waals surface area contributed by atoms with E-state index < -0.39 is 37.7 Å². The van der Waals surface area contributed by atoms with E-state index in [-0.39, 0.29) is 0 Å². The number of nitrogens with zero attached hydrogens (tertiary/aromatic N) is 1. The summed E-state index contributed by atoms with van der Waals surface area (Å²) in [7, 11) is 0. The van der Waals surface area contributed by atoms with Gasteiger partial charge < -0.3 is 10.2 Å². The first-order chi connectivity index (χ1) is 8.18. The number of allylic oxidation sites excluding steroid dienone is 2. The van der Waals surface area contributed by atoms with Crippen molar-refractivity contribution in [3.8, 4) is 0 Å². The summed E-state index contributed by atoms with van der Waals surface area (Å²) in [4.78, 5) is 0. The lowest BCUT2D eigenvalue weighted by Crippen LogP contribution is -2.35. The van der Waals surface area contributed by atoms with Gasteiger partial charge in [0.2, 0.25) is 0 Å². The number of hydrazine groups is 1. The highest BCUT2D eigenvalue weighted by Gasteiger charge is 2.33. The molecule has 0 amide bonds. The van der Waals surface area contributed by atoms with Crippen molar-refractivity contribution in [3.05, 3.63) is 24.0 Å². The first kappa shape index (κ1) is 14.7. The van der Waals surface area contributed by atoms with Gasteiger partial charge in [-0.05, 0) is 6.08 Å². The molecule has 0 radical (unpaired) electrons. The second-order valence-electron chi connectivity index (χ2n) is 3.42. The minimum Gasteiger partial charge on any atom is -0.359 e. The molecular formula is C9H10F6N2O. The molecule has 18 heavy (non-hydrogen) atoms. The molecule has 0 spiro atoms. The Bertz CT molecular complexity index is 333. The Balaban J connectivity index is 2.36. The number of hydrogen-bond acceptors (Lipinski definition) is 3. The van der Waals surface area contributed by atoms with Gasteiger partial charge in [0.1, 0.15) is 6.73 Å². The van der Waals surface area contributed by atoms with Crippen LogP contribution < -0.4 is 5.43 Å². The zero-order chi connectivity index (χ0) is 13.8. The van der Waals surface area contributed by atoms with Crippen LogP contribution in [0.5, 0.6) is 0 Å². The molecule has 0 aromatic heterocycles. The van der Waals surface area contributed by atoms with Gasteiger partial charge in [0.25, 0.3) is 0 Å². The maximum atomic E-state index is 12.3. The van der Waals surface area contributed by atoms with E-state index in [0.29, 0.717) is 6.20 Å². The van der Waals surface area contributed by atoms with Crippen LogP contribution in [0.3, 0.4) is 0 Å². The number of alkyl halides is 6. The lowest BCUT2D eigenvalue weighted by Gasteiger charge is -2.25. The van der Waals surface area contributed by atoms with Gasteiger partial charge in [-0.2, -0.15) is 26.3 Å². The Kier molecular flexibility index (Phi) is 4.49. The van der Waals surface area contributed by atoms with E-state index in [0.717, 1.165) is 17.3 Å². The van der Waals surface area contributed by atoms with Crippen molar-refractivity contribution in [1.82, 2.24) is 10.4 Å². The van der Waals surface area contributed by atoms with Crippen LogP contribution in [-0.4, -0.2) is 30.7 Å². The molecule has 0 unspecified atom stereocenters. The van der Waals surface area contributed by atoms with Gasteiger partial charge in [-0.25, -0.2) is 0 Å². The quantitative estimate of drug-likeness (QED) is 0.631. The SMILES string of the molecule is FC(F)(F)CCOCN1C=C(C(F)(F)F)C=CN1. The highest BCUT2D eigenvalue weighted by atomic mass is 19.4. The molecule has 0 aliphatic carbocycles. The van der Waals surface area contributed by atoms with E-state index in [1.807, 2.05) is 0 Å². The van der Waals surface area contributed by atoms with Crippen LogP contribution in [0, 0.1) is 0 Å². The van der Waals surface area contributed by atoms with Gasteiger partial charge in [0.05, 0.1) is 18.6 Å². The molecule has 0 aromatic rings. The molecule has 1 aliphatic heterocycles. The van der Waals surface area contributed by atoms with Crippen LogP contribution >= 0.6 is 0 Å². The number of nitrogens with one attached hydrogen (secondary N) is 1. The third kappa shape index (κ3) is 5.30. The van der Waals surface area contributed by atoms with Crippen molar-refractivity contribution in [3.63, 3.8) is 0 Å². The summed E-state index contributed by atoms with van der Waals surface area (Å²) in [5.41, 5.74) is 1.47. The van der Waals surface area contributed by atoms with Crippen molar-refractivity contribution in [1.29, 1.82) is 0 Å². The minimum atomic E-state index is -4.51. The maximum Gasteiger partial charge on any atom is 0.417 e. The van der Waals surface area contributed by atoms with Crippen LogP contribution in [0.4, 0.5) is 26.3 Å². The lowest BCUT2D eigenvalue weighted by molar-refractivity contribution is -0.148. The first-order valence-corrected chi connectivity index (χ1v) is 4.81. The second-order valence-corrected chi connectivity index (χ2v) is 3.42. The summed E-state index contributed by atoms with van der Waals surface area (Å²) >= 11 is 0. The predicted molar refractivity (Wildman–Crippen MR) is 49.7 cm³/mol. The number of rotatable bonds is 4. The molecule has 0 bridgehead atoms. The average molecular weight is 276 g/mol. The van der Waals surface area contributed by atoms with Crippen LogP contribution in [0.2, 0.25) is 0 Å². The summed E-state index contributed by atoms with van der Waals surface area (Å²) in [5.74, 6) is 0. The van der Waals surface area contributed by atoms with Gasteiger partial charge in [-0.1, -0.05) is 0 Å². The molecule has 1 aliphatic rings. The molecule has 1 heterocycles. The zero-order valence-electron chi connectivity index (χ0n) is 8.98. The summed E-state index contributed by atoms with van der Waals surface area (Å²) in [6, 6.07) is 0. The highest BCUT2D eigenvalue weighted by molar-refractivity contribution is 5.24. The van der Waals surface area contributed by atoms with Crippen LogP contribution in [0.1, 0.15) is 6.42 Å². The lowest BCUT2D eigenvalue weighted by atomic mass is 10.2. The summed E-state index contributed by atoms with van der Waals surface area (Å²) < 4.78 is 76.8. The van der Waals surface area contributed by atoms with Gasteiger partial charge >= 0.3 is 12.4 Å². The average Bonchev–Trinajstić information content (AvgIpc) is 2.22. The van der Waals surface area contributed by atoms with Crippen LogP contribution in [-0.2, 0) is 4.74 Å². The minimum absolute atomic E-state index is 0.417. The van der Waals surface area contributed by atoms with Crippen molar-refractivity contribution in [2.24, 2.45) is 0 Å². The van der Waals surface area contributed by atoms with Crippen molar-refractivity contribution < 1.29 is 31.1 Å². The monoisotopic (exact) mass is 276 g/mol. The van der Waals surface area contributed by atoms with Gasteiger partial charge in [-0.3, -0.25) is 5.01 Å². The van der Waals surface area contributed by atoms with Crippen molar-refractivity contribution >= 4 is 0 Å². The van der Waals surface area contributed by atoms with E-state index in [1.165, 1.54) is 0 Å². The molecule has 0 fully saturated rings. The van der Waals surface area contributed by atoms with E-state index in [4.69, 9.17) is 0 Å². The maximum absolute atomic E-state index is 12.3. The zero-order valence-corrected chi connectivity index (χ0v) is 8.98. The summed E-state index contributed by atoms with van der Waals surface area (Å²) in [6.07, 6.45) is -7.45. The van der Waals surface area contributed by atoms with E-state index in [1.54, 1.807) is 0 Å². The Morgan fingerprint density at radius 2 is 1.83 bits per heavy atom. The summed E-state index contributed by atoms with van der Waals surface area (Å²) in [5, 5.41) is 0.902. The van der Waals surface area contributed by atoms with Gasteiger partial charge in [-0.15, -0.1) is 0 Å². The smallest absolute Gasteiger partial charge is 0.359 e. The molecule has 0 saturated heterocycles. The molecule has 1 rings (SSSR count). The number of ether oxygens (including phenoxy) is 1. The topological polar surface area (TPSA) is 24.5 Å². The van der Waals surface area contributed by atoms with Crippen molar-refractivity contribution in [2.45, 2.75) is 18.8 Å². The molecule has 0 aromatic carbocycles. The molecular weight excluding hydrogens is 266 g/mol. The van der Waals surface area contributed by atoms with Gasteiger partial charge in [0.15, 0.2) is 0 Å². The molecule has 0 saturated carbocycles.